The van der Waals surface area contributed by atoms with Crippen LogP contribution in [0.5, 0.6) is 0 Å². The van der Waals surface area contributed by atoms with Crippen LogP contribution in [0.1, 0.15) is 31.1 Å². The maximum atomic E-state index is 5.80. The molecule has 21 heavy (non-hydrogen) atoms. The SMILES string of the molecule is CCCc1nc(C2CN(CCn3cncn3)CCO2)n[nH]1. The van der Waals surface area contributed by atoms with Gasteiger partial charge in [-0.1, -0.05) is 6.92 Å². The highest BCUT2D eigenvalue weighted by atomic mass is 16.5. The second-order valence-corrected chi connectivity index (χ2v) is 5.21. The maximum absolute atomic E-state index is 5.80. The standard InChI is InChI=1S/C13H21N7O/c1-2-3-12-16-13(18-17-12)11-8-19(6-7-21-11)4-5-20-10-14-9-15-20/h9-11H,2-8H2,1H3,(H,16,17,18). The fourth-order valence-corrected chi connectivity index (χ4v) is 2.46. The Labute approximate surface area is 123 Å². The lowest BCUT2D eigenvalue weighted by Crippen LogP contribution is -2.40. The molecule has 0 radical (unpaired) electrons. The molecule has 1 N–H and O–H groups in total. The molecule has 1 unspecified atom stereocenters. The molecule has 2 aromatic heterocycles. The first kappa shape index (κ1) is 14.2. The first-order valence-corrected chi connectivity index (χ1v) is 7.42. The van der Waals surface area contributed by atoms with Gasteiger partial charge in [-0.2, -0.15) is 10.2 Å². The molecule has 1 saturated heterocycles. The molecule has 1 aliphatic heterocycles. The van der Waals surface area contributed by atoms with Crippen LogP contribution >= 0.6 is 0 Å². The fourth-order valence-electron chi connectivity index (χ4n) is 2.46. The minimum atomic E-state index is -0.0450. The van der Waals surface area contributed by atoms with Crippen LogP contribution in [0.15, 0.2) is 12.7 Å². The molecule has 0 aromatic carbocycles. The molecule has 0 aliphatic carbocycles. The van der Waals surface area contributed by atoms with Gasteiger partial charge in [0.2, 0.25) is 0 Å². The summed E-state index contributed by atoms with van der Waals surface area (Å²) in [5, 5.41) is 11.4. The molecule has 1 atom stereocenters. The number of nitrogens with zero attached hydrogens (tertiary/aromatic N) is 6. The van der Waals surface area contributed by atoms with Crippen LogP contribution in [0.2, 0.25) is 0 Å². The van der Waals surface area contributed by atoms with E-state index >= 15 is 0 Å². The quantitative estimate of drug-likeness (QED) is 0.830. The van der Waals surface area contributed by atoms with Gasteiger partial charge in [0, 0.05) is 26.1 Å². The first-order chi connectivity index (χ1) is 10.3. The van der Waals surface area contributed by atoms with Crippen molar-refractivity contribution in [1.82, 2.24) is 34.8 Å². The highest BCUT2D eigenvalue weighted by Gasteiger charge is 2.25. The van der Waals surface area contributed by atoms with E-state index in [-0.39, 0.29) is 6.10 Å². The van der Waals surface area contributed by atoms with Gasteiger partial charge in [-0.25, -0.2) is 9.97 Å². The zero-order chi connectivity index (χ0) is 14.5. The Hall–Kier alpha value is -1.80. The predicted octanol–water partition coefficient (Wildman–Crippen LogP) is 0.422. The van der Waals surface area contributed by atoms with Crippen LogP contribution in [-0.2, 0) is 17.7 Å². The number of morpholine rings is 1. The van der Waals surface area contributed by atoms with Gasteiger partial charge in [-0.3, -0.25) is 14.7 Å². The van der Waals surface area contributed by atoms with Gasteiger partial charge >= 0.3 is 0 Å². The average molecular weight is 291 g/mol. The van der Waals surface area contributed by atoms with E-state index in [1.54, 1.807) is 12.7 Å². The summed E-state index contributed by atoms with van der Waals surface area (Å²) in [6, 6.07) is 0. The number of rotatable bonds is 6. The summed E-state index contributed by atoms with van der Waals surface area (Å²) in [4.78, 5) is 10.8. The van der Waals surface area contributed by atoms with Gasteiger partial charge in [0.25, 0.3) is 0 Å². The molecule has 8 nitrogen and oxygen atoms in total. The number of aromatic amines is 1. The fraction of sp³-hybridized carbons (Fsp3) is 0.692. The first-order valence-electron chi connectivity index (χ1n) is 7.42. The van der Waals surface area contributed by atoms with Crippen LogP contribution in [0.3, 0.4) is 0 Å². The summed E-state index contributed by atoms with van der Waals surface area (Å²) in [6.45, 7) is 6.34. The number of hydrogen-bond acceptors (Lipinski definition) is 6. The highest BCUT2D eigenvalue weighted by Crippen LogP contribution is 2.19. The zero-order valence-electron chi connectivity index (χ0n) is 12.3. The molecule has 0 amide bonds. The van der Waals surface area contributed by atoms with E-state index in [0.29, 0.717) is 6.61 Å². The Morgan fingerprint density at radius 1 is 1.43 bits per heavy atom. The smallest absolute Gasteiger partial charge is 0.180 e. The van der Waals surface area contributed by atoms with Crippen molar-refractivity contribution >= 4 is 0 Å². The van der Waals surface area contributed by atoms with Crippen molar-refractivity contribution < 1.29 is 4.74 Å². The number of aromatic nitrogens is 6. The summed E-state index contributed by atoms with van der Waals surface area (Å²) in [5.41, 5.74) is 0. The third-order valence-electron chi connectivity index (χ3n) is 3.59. The molecule has 8 heteroatoms. The van der Waals surface area contributed by atoms with Gasteiger partial charge in [0.15, 0.2) is 5.82 Å². The summed E-state index contributed by atoms with van der Waals surface area (Å²) in [7, 11) is 0. The molecule has 0 spiro atoms. The molecule has 2 aromatic rings. The van der Waals surface area contributed by atoms with Crippen LogP contribution < -0.4 is 0 Å². The Morgan fingerprint density at radius 2 is 2.38 bits per heavy atom. The van der Waals surface area contributed by atoms with Crippen molar-refractivity contribution in [2.24, 2.45) is 0 Å². The predicted molar refractivity (Wildman–Crippen MR) is 75.5 cm³/mol. The van der Waals surface area contributed by atoms with Gasteiger partial charge in [-0.05, 0) is 6.42 Å². The van der Waals surface area contributed by atoms with Gasteiger partial charge in [0.1, 0.15) is 24.6 Å². The van der Waals surface area contributed by atoms with E-state index in [1.807, 2.05) is 4.68 Å². The van der Waals surface area contributed by atoms with Crippen molar-refractivity contribution in [3.63, 3.8) is 0 Å². The summed E-state index contributed by atoms with van der Waals surface area (Å²) in [5.74, 6) is 1.71. The monoisotopic (exact) mass is 291 g/mol. The van der Waals surface area contributed by atoms with Gasteiger partial charge < -0.3 is 4.74 Å². The third kappa shape index (κ3) is 3.64. The van der Waals surface area contributed by atoms with E-state index in [4.69, 9.17) is 4.74 Å². The highest BCUT2D eigenvalue weighted by molar-refractivity contribution is 4.96. The molecule has 114 valence electrons. The van der Waals surface area contributed by atoms with Crippen LogP contribution in [-0.4, -0.2) is 61.1 Å². The molecule has 0 bridgehead atoms. The molecule has 0 saturated carbocycles. The van der Waals surface area contributed by atoms with Crippen molar-refractivity contribution in [3.05, 3.63) is 24.3 Å². The van der Waals surface area contributed by atoms with Crippen LogP contribution in [0.4, 0.5) is 0 Å². The van der Waals surface area contributed by atoms with Crippen molar-refractivity contribution in [2.45, 2.75) is 32.4 Å². The number of hydrogen-bond donors (Lipinski definition) is 1. The van der Waals surface area contributed by atoms with E-state index in [1.165, 1.54) is 0 Å². The largest absolute Gasteiger partial charge is 0.367 e. The number of H-pyrrole nitrogens is 1. The van der Waals surface area contributed by atoms with Gasteiger partial charge in [0.05, 0.1) is 13.2 Å². The van der Waals surface area contributed by atoms with Crippen molar-refractivity contribution in [3.8, 4) is 0 Å². The number of ether oxygens (including phenoxy) is 1. The zero-order valence-corrected chi connectivity index (χ0v) is 12.3. The summed E-state index contributed by atoms with van der Waals surface area (Å²) >= 11 is 0. The normalized spacial score (nSPS) is 20.0. The van der Waals surface area contributed by atoms with E-state index in [2.05, 4.69) is 37.1 Å². The minimum absolute atomic E-state index is 0.0450. The Bertz CT molecular complexity index is 538. The van der Waals surface area contributed by atoms with E-state index < -0.39 is 0 Å². The molecular weight excluding hydrogens is 270 g/mol. The molecule has 3 heterocycles. The van der Waals surface area contributed by atoms with E-state index in [0.717, 1.165) is 50.7 Å². The molecule has 1 aliphatic rings. The molecule has 1 fully saturated rings. The summed E-state index contributed by atoms with van der Waals surface area (Å²) < 4.78 is 7.65. The second-order valence-electron chi connectivity index (χ2n) is 5.21. The Morgan fingerprint density at radius 3 is 3.19 bits per heavy atom. The lowest BCUT2D eigenvalue weighted by Gasteiger charge is -2.31. The molecular formula is C13H21N7O. The molecule has 3 rings (SSSR count). The average Bonchev–Trinajstić information content (AvgIpc) is 3.17. The number of aryl methyl sites for hydroxylation is 1. The lowest BCUT2D eigenvalue weighted by atomic mass is 10.2. The lowest BCUT2D eigenvalue weighted by molar-refractivity contribution is -0.0352. The van der Waals surface area contributed by atoms with Crippen molar-refractivity contribution in [2.75, 3.05) is 26.2 Å². The van der Waals surface area contributed by atoms with Crippen LogP contribution in [0.25, 0.3) is 0 Å². The second kappa shape index (κ2) is 6.77. The van der Waals surface area contributed by atoms with Crippen LogP contribution in [0, 0.1) is 0 Å². The van der Waals surface area contributed by atoms with Gasteiger partial charge in [-0.15, -0.1) is 0 Å². The minimum Gasteiger partial charge on any atom is -0.367 e. The number of nitrogens with one attached hydrogen (secondary N) is 1. The Kier molecular flexibility index (Phi) is 4.56. The Balaban J connectivity index is 1.54. The third-order valence-corrected chi connectivity index (χ3v) is 3.59. The van der Waals surface area contributed by atoms with E-state index in [9.17, 15) is 0 Å². The summed E-state index contributed by atoms with van der Waals surface area (Å²) in [6.07, 6.45) is 5.24. The maximum Gasteiger partial charge on any atom is 0.180 e. The topological polar surface area (TPSA) is 84.8 Å². The van der Waals surface area contributed by atoms with Crippen molar-refractivity contribution in [1.29, 1.82) is 0 Å².